The molecule has 2 atom stereocenters. The summed E-state index contributed by atoms with van der Waals surface area (Å²) in [6.07, 6.45) is 5.58. The van der Waals surface area contributed by atoms with Crippen LogP contribution in [-0.4, -0.2) is 96.8 Å². The molecule has 1 N–H and O–H groups in total. The molecule has 0 saturated carbocycles. The minimum Gasteiger partial charge on any atom is -0.394 e. The first-order valence-electron chi connectivity index (χ1n) is 11.6. The Hall–Kier alpha value is -2.22. The van der Waals surface area contributed by atoms with Crippen molar-refractivity contribution in [3.63, 3.8) is 0 Å². The summed E-state index contributed by atoms with van der Waals surface area (Å²) in [5.41, 5.74) is 1.80. The van der Waals surface area contributed by atoms with E-state index in [-0.39, 0.29) is 36.3 Å². The molecule has 7 nitrogen and oxygen atoms in total. The van der Waals surface area contributed by atoms with Crippen LogP contribution in [0, 0.1) is 5.92 Å². The van der Waals surface area contributed by atoms with Crippen molar-refractivity contribution in [3.05, 3.63) is 41.5 Å². The number of carbonyl (C=O) groups is 2. The number of aliphatic hydroxyl groups is 1. The molecule has 7 heteroatoms. The zero-order valence-electron chi connectivity index (χ0n) is 19.4. The second-order valence-corrected chi connectivity index (χ2v) is 9.58. The fourth-order valence-electron chi connectivity index (χ4n) is 5.73. The van der Waals surface area contributed by atoms with Crippen LogP contribution in [0.15, 0.2) is 30.3 Å². The zero-order chi connectivity index (χ0) is 22.9. The standard InChI is InChI=1S/C25H35N3O4/c1-4-5-18-6-8-19(9-7-18)23-21(15-29)28(22(30)14-26(2)3)25(23)16-27(17-25)24(31)20-10-12-32-13-11-20/h4-9,20-21,23,29H,10-17H2,1-3H3/b5-4+/t21-,23+/m0/s1. The van der Waals surface area contributed by atoms with Gasteiger partial charge in [0.25, 0.3) is 0 Å². The molecule has 174 valence electrons. The predicted molar refractivity (Wildman–Crippen MR) is 123 cm³/mol. The van der Waals surface area contributed by atoms with Gasteiger partial charge < -0.3 is 24.5 Å². The monoisotopic (exact) mass is 441 g/mol. The maximum absolute atomic E-state index is 13.2. The number of amides is 2. The molecule has 0 aromatic heterocycles. The SMILES string of the molecule is C/C=C/c1ccc([C@@H]2[C@H](CO)N(C(=O)CN(C)C)C23CN(C(=O)C2CCOCC2)C3)cc1. The lowest BCUT2D eigenvalue weighted by Gasteiger charge is -2.70. The average Bonchev–Trinajstić information content (AvgIpc) is 2.73. The van der Waals surface area contributed by atoms with E-state index in [1.54, 1.807) is 0 Å². The number of carbonyl (C=O) groups excluding carboxylic acids is 2. The minimum atomic E-state index is -0.441. The van der Waals surface area contributed by atoms with Gasteiger partial charge in [0.05, 0.1) is 24.7 Å². The van der Waals surface area contributed by atoms with Gasteiger partial charge in [-0.05, 0) is 45.0 Å². The van der Waals surface area contributed by atoms with E-state index in [1.807, 2.05) is 47.9 Å². The van der Waals surface area contributed by atoms with Crippen molar-refractivity contribution in [1.29, 1.82) is 0 Å². The van der Waals surface area contributed by atoms with Gasteiger partial charge in [0.15, 0.2) is 0 Å². The van der Waals surface area contributed by atoms with Crippen molar-refractivity contribution >= 4 is 17.9 Å². The van der Waals surface area contributed by atoms with Gasteiger partial charge in [0, 0.05) is 38.1 Å². The molecule has 0 aliphatic carbocycles. The maximum atomic E-state index is 13.2. The van der Waals surface area contributed by atoms with E-state index in [0.29, 0.717) is 32.8 Å². The number of hydrogen-bond acceptors (Lipinski definition) is 5. The van der Waals surface area contributed by atoms with Crippen LogP contribution in [0.25, 0.3) is 6.08 Å². The molecule has 4 rings (SSSR count). The molecule has 1 aromatic rings. The molecule has 3 aliphatic rings. The fourth-order valence-corrected chi connectivity index (χ4v) is 5.73. The zero-order valence-corrected chi connectivity index (χ0v) is 19.4. The smallest absolute Gasteiger partial charge is 0.237 e. The van der Waals surface area contributed by atoms with Gasteiger partial charge in [-0.25, -0.2) is 0 Å². The molecule has 1 aromatic carbocycles. The van der Waals surface area contributed by atoms with E-state index in [9.17, 15) is 14.7 Å². The van der Waals surface area contributed by atoms with Crippen molar-refractivity contribution < 1.29 is 19.4 Å². The third-order valence-corrected chi connectivity index (χ3v) is 7.15. The van der Waals surface area contributed by atoms with Crippen molar-refractivity contribution in [2.45, 2.75) is 37.3 Å². The number of likely N-dealkylation sites (N-methyl/N-ethyl adjacent to an activating group) is 1. The number of hydrogen-bond donors (Lipinski definition) is 1. The van der Waals surface area contributed by atoms with E-state index < -0.39 is 5.54 Å². The third-order valence-electron chi connectivity index (χ3n) is 7.15. The Morgan fingerprint density at radius 2 is 1.84 bits per heavy atom. The van der Waals surface area contributed by atoms with Gasteiger partial charge in [-0.1, -0.05) is 36.4 Å². The molecule has 1 spiro atoms. The first-order valence-corrected chi connectivity index (χ1v) is 11.6. The largest absolute Gasteiger partial charge is 0.394 e. The number of likely N-dealkylation sites (tertiary alicyclic amines) is 2. The van der Waals surface area contributed by atoms with E-state index in [2.05, 4.69) is 24.3 Å². The first kappa shape index (κ1) is 23.0. The number of benzene rings is 1. The molecule has 3 aliphatic heterocycles. The summed E-state index contributed by atoms with van der Waals surface area (Å²) in [6, 6.07) is 8.08. The van der Waals surface area contributed by atoms with Crippen LogP contribution in [0.3, 0.4) is 0 Å². The van der Waals surface area contributed by atoms with Gasteiger partial charge in [-0.3, -0.25) is 9.59 Å². The van der Waals surface area contributed by atoms with Crippen LogP contribution < -0.4 is 0 Å². The topological polar surface area (TPSA) is 73.3 Å². The fraction of sp³-hybridized carbons (Fsp3) is 0.600. The second-order valence-electron chi connectivity index (χ2n) is 9.58. The summed E-state index contributed by atoms with van der Waals surface area (Å²) >= 11 is 0. The van der Waals surface area contributed by atoms with Crippen molar-refractivity contribution in [2.75, 3.05) is 53.6 Å². The summed E-state index contributed by atoms with van der Waals surface area (Å²) < 4.78 is 5.41. The van der Waals surface area contributed by atoms with Gasteiger partial charge in [-0.15, -0.1) is 0 Å². The van der Waals surface area contributed by atoms with Crippen LogP contribution in [-0.2, 0) is 14.3 Å². The Bertz CT molecular complexity index is 854. The number of ether oxygens (including phenoxy) is 1. The Morgan fingerprint density at radius 3 is 2.41 bits per heavy atom. The summed E-state index contributed by atoms with van der Waals surface area (Å²) in [5.74, 6) is 0.207. The first-order chi connectivity index (χ1) is 15.4. The normalized spacial score (nSPS) is 25.3. The molecule has 3 heterocycles. The molecule has 32 heavy (non-hydrogen) atoms. The van der Waals surface area contributed by atoms with E-state index >= 15 is 0 Å². The maximum Gasteiger partial charge on any atom is 0.237 e. The lowest BCUT2D eigenvalue weighted by Crippen LogP contribution is -2.86. The molecular formula is C25H35N3O4. The van der Waals surface area contributed by atoms with Crippen molar-refractivity contribution in [3.8, 4) is 0 Å². The Labute approximate surface area is 190 Å². The molecule has 0 bridgehead atoms. The van der Waals surface area contributed by atoms with E-state index in [1.165, 1.54) is 0 Å². The van der Waals surface area contributed by atoms with Crippen LogP contribution in [0.1, 0.15) is 36.8 Å². The van der Waals surface area contributed by atoms with Gasteiger partial charge >= 0.3 is 0 Å². The van der Waals surface area contributed by atoms with E-state index in [0.717, 1.165) is 24.0 Å². The highest BCUT2D eigenvalue weighted by atomic mass is 16.5. The molecule has 0 unspecified atom stereocenters. The van der Waals surface area contributed by atoms with Crippen molar-refractivity contribution in [2.24, 2.45) is 5.92 Å². The number of aliphatic hydroxyl groups excluding tert-OH is 1. The van der Waals surface area contributed by atoms with Crippen LogP contribution in [0.2, 0.25) is 0 Å². The molecule has 0 radical (unpaired) electrons. The van der Waals surface area contributed by atoms with Crippen LogP contribution in [0.4, 0.5) is 0 Å². The van der Waals surface area contributed by atoms with Crippen LogP contribution >= 0.6 is 0 Å². The summed E-state index contributed by atoms with van der Waals surface area (Å²) in [6.45, 7) is 4.52. The molecule has 3 fully saturated rings. The highest BCUT2D eigenvalue weighted by molar-refractivity contribution is 5.84. The van der Waals surface area contributed by atoms with Gasteiger partial charge in [0.2, 0.25) is 11.8 Å². The highest BCUT2D eigenvalue weighted by Gasteiger charge is 2.68. The summed E-state index contributed by atoms with van der Waals surface area (Å²) in [4.78, 5) is 31.9. The van der Waals surface area contributed by atoms with E-state index in [4.69, 9.17) is 4.74 Å². The number of nitrogens with zero attached hydrogens (tertiary/aromatic N) is 3. The summed E-state index contributed by atoms with van der Waals surface area (Å²) in [7, 11) is 3.75. The lowest BCUT2D eigenvalue weighted by atomic mass is 9.60. The van der Waals surface area contributed by atoms with Gasteiger partial charge in [0.1, 0.15) is 0 Å². The quantitative estimate of drug-likeness (QED) is 0.726. The van der Waals surface area contributed by atoms with Crippen LogP contribution in [0.5, 0.6) is 0 Å². The third kappa shape index (κ3) is 3.98. The summed E-state index contributed by atoms with van der Waals surface area (Å²) in [5, 5.41) is 10.2. The molecule has 2 amide bonds. The lowest BCUT2D eigenvalue weighted by molar-refractivity contribution is -0.205. The van der Waals surface area contributed by atoms with Gasteiger partial charge in [-0.2, -0.15) is 0 Å². The van der Waals surface area contributed by atoms with Crippen molar-refractivity contribution in [1.82, 2.24) is 14.7 Å². The second kappa shape index (κ2) is 9.33. The minimum absolute atomic E-state index is 0.00834. The number of allylic oxidation sites excluding steroid dienone is 1. The predicted octanol–water partition coefficient (Wildman–Crippen LogP) is 1.58. The molecular weight excluding hydrogens is 406 g/mol. The Morgan fingerprint density at radius 1 is 1.19 bits per heavy atom. The number of rotatable bonds is 6. The Kier molecular flexibility index (Phi) is 6.70. The highest BCUT2D eigenvalue weighted by Crippen LogP contribution is 2.54. The average molecular weight is 442 g/mol. The molecule has 3 saturated heterocycles. The Balaban J connectivity index is 1.58.